The summed E-state index contributed by atoms with van der Waals surface area (Å²) < 4.78 is 0. The Morgan fingerprint density at radius 1 is 1.50 bits per heavy atom. The molecule has 6 heteroatoms. The Balaban J connectivity index is 2.47. The zero-order valence-corrected chi connectivity index (χ0v) is 10.8. The van der Waals surface area contributed by atoms with Crippen LogP contribution < -0.4 is 16.6 Å². The summed E-state index contributed by atoms with van der Waals surface area (Å²) in [6.07, 6.45) is 1.94. The second kappa shape index (κ2) is 6.78. The minimum absolute atomic E-state index is 0.159. The fourth-order valence-corrected chi connectivity index (χ4v) is 1.48. The van der Waals surface area contributed by atoms with Crippen molar-refractivity contribution in [2.45, 2.75) is 39.0 Å². The van der Waals surface area contributed by atoms with Gasteiger partial charge >= 0.3 is 0 Å². The summed E-state index contributed by atoms with van der Waals surface area (Å²) in [4.78, 5) is 28.9. The van der Waals surface area contributed by atoms with Crippen LogP contribution in [0.5, 0.6) is 0 Å². The highest BCUT2D eigenvalue weighted by Crippen LogP contribution is 2.09. The molecular weight excluding hydrogens is 232 g/mol. The monoisotopic (exact) mass is 252 g/mol. The molecule has 0 atom stereocenters. The number of carbonyl (C=O) groups excluding carboxylic acids is 1. The third-order valence-electron chi connectivity index (χ3n) is 2.46. The topological polar surface area (TPSA) is 101 Å². The molecule has 0 bridgehead atoms. The fraction of sp³-hybridized carbons (Fsp3) is 0.583. The molecule has 4 N–H and O–H groups in total. The number of nitrogens with zero attached hydrogens (tertiary/aromatic N) is 1. The molecule has 0 saturated heterocycles. The molecule has 0 aliphatic heterocycles. The Kier molecular flexibility index (Phi) is 5.35. The van der Waals surface area contributed by atoms with Gasteiger partial charge in [-0.25, -0.2) is 4.98 Å². The number of H-pyrrole nitrogens is 1. The largest absolute Gasteiger partial charge is 0.370 e. The van der Waals surface area contributed by atoms with Crippen molar-refractivity contribution in [3.8, 4) is 0 Å². The summed E-state index contributed by atoms with van der Waals surface area (Å²) in [5, 5.41) is 3.07. The van der Waals surface area contributed by atoms with Crippen molar-refractivity contribution < 1.29 is 4.79 Å². The van der Waals surface area contributed by atoms with E-state index in [-0.39, 0.29) is 17.4 Å². The lowest BCUT2D eigenvalue weighted by Gasteiger charge is -2.08. The van der Waals surface area contributed by atoms with E-state index in [4.69, 9.17) is 5.73 Å². The van der Waals surface area contributed by atoms with Crippen LogP contribution >= 0.6 is 0 Å². The molecule has 0 spiro atoms. The maximum Gasteiger partial charge on any atom is 0.252 e. The molecule has 6 nitrogen and oxygen atoms in total. The molecule has 0 aromatic carbocycles. The standard InChI is InChI=1S/C12H20N4O2/c1-8(2)12-15-10(7-11(18)16-12)14-6-4-3-5-9(13)17/h7-8H,3-6H2,1-2H3,(H2,13,17)(H2,14,15,16,18). The van der Waals surface area contributed by atoms with Gasteiger partial charge in [-0.05, 0) is 12.8 Å². The van der Waals surface area contributed by atoms with Gasteiger partial charge in [0.15, 0.2) is 0 Å². The SMILES string of the molecule is CC(C)c1nc(NCCCCC(N)=O)cc(=O)[nH]1. The molecule has 18 heavy (non-hydrogen) atoms. The lowest BCUT2D eigenvalue weighted by Crippen LogP contribution is -2.15. The van der Waals surface area contributed by atoms with E-state index in [0.29, 0.717) is 24.6 Å². The van der Waals surface area contributed by atoms with Crippen LogP contribution in [0.1, 0.15) is 44.9 Å². The number of aromatic nitrogens is 2. The quantitative estimate of drug-likeness (QED) is 0.629. The summed E-state index contributed by atoms with van der Waals surface area (Å²) >= 11 is 0. The van der Waals surface area contributed by atoms with Crippen LogP contribution in [0.3, 0.4) is 0 Å². The van der Waals surface area contributed by atoms with E-state index in [1.54, 1.807) is 0 Å². The lowest BCUT2D eigenvalue weighted by molar-refractivity contribution is -0.118. The van der Waals surface area contributed by atoms with Crippen LogP contribution in [-0.2, 0) is 4.79 Å². The van der Waals surface area contributed by atoms with Gasteiger partial charge in [0.2, 0.25) is 5.91 Å². The van der Waals surface area contributed by atoms with Gasteiger partial charge < -0.3 is 16.0 Å². The zero-order valence-electron chi connectivity index (χ0n) is 10.8. The van der Waals surface area contributed by atoms with Crippen LogP contribution in [0.4, 0.5) is 5.82 Å². The molecule has 1 amide bonds. The highest BCUT2D eigenvalue weighted by Gasteiger charge is 2.04. The minimum atomic E-state index is -0.286. The first-order valence-corrected chi connectivity index (χ1v) is 6.12. The van der Waals surface area contributed by atoms with Crippen molar-refractivity contribution in [1.82, 2.24) is 9.97 Å². The molecule has 0 fully saturated rings. The number of rotatable bonds is 7. The number of hydrogen-bond donors (Lipinski definition) is 3. The van der Waals surface area contributed by atoms with Crippen molar-refractivity contribution in [1.29, 1.82) is 0 Å². The Bertz CT molecular complexity index is 454. The zero-order chi connectivity index (χ0) is 13.5. The lowest BCUT2D eigenvalue weighted by atomic mass is 10.2. The van der Waals surface area contributed by atoms with E-state index in [1.165, 1.54) is 6.07 Å². The number of amides is 1. The van der Waals surface area contributed by atoms with Gasteiger partial charge in [0.1, 0.15) is 11.6 Å². The van der Waals surface area contributed by atoms with Crippen LogP contribution in [0.2, 0.25) is 0 Å². The molecule has 0 aliphatic rings. The van der Waals surface area contributed by atoms with Crippen molar-refractivity contribution in [3.63, 3.8) is 0 Å². The predicted octanol–water partition coefficient (Wildman–Crippen LogP) is 0.961. The molecule has 100 valence electrons. The fourth-order valence-electron chi connectivity index (χ4n) is 1.48. The maximum absolute atomic E-state index is 11.4. The third-order valence-corrected chi connectivity index (χ3v) is 2.46. The first kappa shape index (κ1) is 14.2. The number of primary amides is 1. The Hall–Kier alpha value is -1.85. The number of aromatic amines is 1. The molecule has 0 radical (unpaired) electrons. The number of hydrogen-bond acceptors (Lipinski definition) is 4. The van der Waals surface area contributed by atoms with E-state index in [9.17, 15) is 9.59 Å². The van der Waals surface area contributed by atoms with Crippen LogP contribution in [0, 0.1) is 0 Å². The average molecular weight is 252 g/mol. The van der Waals surface area contributed by atoms with E-state index in [2.05, 4.69) is 15.3 Å². The molecule has 0 aliphatic carbocycles. The van der Waals surface area contributed by atoms with Gasteiger partial charge in [0.25, 0.3) is 5.56 Å². The molecule has 1 rings (SSSR count). The van der Waals surface area contributed by atoms with Crippen molar-refractivity contribution in [3.05, 3.63) is 22.2 Å². The average Bonchev–Trinajstić information content (AvgIpc) is 2.27. The number of nitrogens with one attached hydrogen (secondary N) is 2. The normalized spacial score (nSPS) is 10.6. The van der Waals surface area contributed by atoms with Crippen LogP contribution in [0.25, 0.3) is 0 Å². The summed E-state index contributed by atoms with van der Waals surface area (Å²) in [5.74, 6) is 1.13. The first-order valence-electron chi connectivity index (χ1n) is 6.12. The van der Waals surface area contributed by atoms with Crippen molar-refractivity contribution >= 4 is 11.7 Å². The van der Waals surface area contributed by atoms with Crippen molar-refractivity contribution in [2.75, 3.05) is 11.9 Å². The van der Waals surface area contributed by atoms with E-state index >= 15 is 0 Å². The Labute approximate surface area is 106 Å². The predicted molar refractivity (Wildman–Crippen MR) is 70.5 cm³/mol. The van der Waals surface area contributed by atoms with Gasteiger partial charge in [-0.15, -0.1) is 0 Å². The summed E-state index contributed by atoms with van der Waals surface area (Å²) in [5.41, 5.74) is 4.88. The summed E-state index contributed by atoms with van der Waals surface area (Å²) in [7, 11) is 0. The maximum atomic E-state index is 11.4. The van der Waals surface area contributed by atoms with E-state index in [1.807, 2.05) is 13.8 Å². The highest BCUT2D eigenvalue weighted by molar-refractivity contribution is 5.73. The summed E-state index contributed by atoms with van der Waals surface area (Å²) in [6, 6.07) is 1.43. The third kappa shape index (κ3) is 4.99. The molecule has 1 aromatic rings. The second-order valence-corrected chi connectivity index (χ2v) is 4.52. The van der Waals surface area contributed by atoms with Gasteiger partial charge in [0, 0.05) is 24.9 Å². The van der Waals surface area contributed by atoms with Crippen molar-refractivity contribution in [2.24, 2.45) is 5.73 Å². The van der Waals surface area contributed by atoms with Gasteiger partial charge in [-0.2, -0.15) is 0 Å². The number of nitrogens with two attached hydrogens (primary N) is 1. The van der Waals surface area contributed by atoms with Gasteiger partial charge in [0.05, 0.1) is 0 Å². The number of carbonyl (C=O) groups is 1. The Morgan fingerprint density at radius 3 is 2.83 bits per heavy atom. The van der Waals surface area contributed by atoms with E-state index in [0.717, 1.165) is 12.8 Å². The van der Waals surface area contributed by atoms with Crippen LogP contribution in [0.15, 0.2) is 10.9 Å². The molecule has 0 unspecified atom stereocenters. The van der Waals surface area contributed by atoms with E-state index < -0.39 is 0 Å². The van der Waals surface area contributed by atoms with Crippen LogP contribution in [-0.4, -0.2) is 22.4 Å². The van der Waals surface area contributed by atoms with Gasteiger partial charge in [-0.3, -0.25) is 9.59 Å². The molecule has 1 heterocycles. The Morgan fingerprint density at radius 2 is 2.22 bits per heavy atom. The second-order valence-electron chi connectivity index (χ2n) is 4.52. The summed E-state index contributed by atoms with van der Waals surface area (Å²) in [6.45, 7) is 4.60. The number of anilines is 1. The van der Waals surface area contributed by atoms with Gasteiger partial charge in [-0.1, -0.05) is 13.8 Å². The molecular formula is C12H20N4O2. The highest BCUT2D eigenvalue weighted by atomic mass is 16.1. The first-order chi connectivity index (χ1) is 8.49. The minimum Gasteiger partial charge on any atom is -0.370 e. The number of unbranched alkanes of at least 4 members (excludes halogenated alkanes) is 1. The molecule has 1 aromatic heterocycles. The smallest absolute Gasteiger partial charge is 0.252 e. The molecule has 0 saturated carbocycles.